The van der Waals surface area contributed by atoms with E-state index in [-0.39, 0.29) is 18.1 Å². The Morgan fingerprint density at radius 1 is 1.22 bits per heavy atom. The van der Waals surface area contributed by atoms with Crippen molar-refractivity contribution >= 4 is 17.5 Å². The van der Waals surface area contributed by atoms with E-state index in [1.807, 2.05) is 0 Å². The summed E-state index contributed by atoms with van der Waals surface area (Å²) >= 11 is 0. The zero-order chi connectivity index (χ0) is 19.4. The van der Waals surface area contributed by atoms with Crippen LogP contribution in [0.1, 0.15) is 23.2 Å². The molecule has 144 valence electrons. The van der Waals surface area contributed by atoms with E-state index in [9.17, 15) is 22.8 Å². The number of likely N-dealkylation sites (tertiary alicyclic amines) is 1. The Bertz CT molecular complexity index is 805. The number of anilines is 1. The molecule has 2 aromatic rings. The molecule has 2 heterocycles. The second-order valence-corrected chi connectivity index (χ2v) is 6.14. The lowest BCUT2D eigenvalue weighted by Crippen LogP contribution is -2.43. The highest BCUT2D eigenvalue weighted by molar-refractivity contribution is 5.96. The van der Waals surface area contributed by atoms with E-state index in [1.54, 1.807) is 0 Å². The number of hydrogen-bond donors (Lipinski definition) is 1. The highest BCUT2D eigenvalue weighted by Gasteiger charge is 2.33. The third-order valence-electron chi connectivity index (χ3n) is 4.22. The molecular formula is C18H17F3N2O4. The number of amides is 2. The smallest absolute Gasteiger partial charge is 0.472 e. The summed E-state index contributed by atoms with van der Waals surface area (Å²) in [6.07, 6.45) is -0.999. The molecule has 0 spiro atoms. The zero-order valence-electron chi connectivity index (χ0n) is 14.2. The minimum Gasteiger partial charge on any atom is -0.472 e. The Balaban J connectivity index is 1.67. The first-order valence-corrected chi connectivity index (χ1v) is 8.30. The van der Waals surface area contributed by atoms with Crippen LogP contribution in [0.3, 0.4) is 0 Å². The molecule has 0 aliphatic carbocycles. The minimum absolute atomic E-state index is 0.0712. The number of alkyl halides is 3. The third-order valence-corrected chi connectivity index (χ3v) is 4.22. The number of benzene rings is 1. The number of para-hydroxylation sites is 2. The number of carbonyl (C=O) groups excluding carboxylic acids is 2. The maximum atomic E-state index is 12.5. The van der Waals surface area contributed by atoms with Gasteiger partial charge in [0, 0.05) is 13.1 Å². The quantitative estimate of drug-likeness (QED) is 0.876. The summed E-state index contributed by atoms with van der Waals surface area (Å²) in [6, 6.07) is 6.86. The van der Waals surface area contributed by atoms with Gasteiger partial charge in [-0.25, -0.2) is 0 Å². The Hall–Kier alpha value is -2.97. The van der Waals surface area contributed by atoms with Crippen LogP contribution in [0.25, 0.3) is 0 Å². The average molecular weight is 382 g/mol. The van der Waals surface area contributed by atoms with Gasteiger partial charge in [0.05, 0.1) is 23.4 Å². The summed E-state index contributed by atoms with van der Waals surface area (Å²) in [5, 5.41) is 2.48. The standard InChI is InChI=1S/C18H17F3N2O4/c19-18(20,21)27-15-6-2-1-5-14(15)22-16(24)12-4-3-8-23(10-12)17(25)13-7-9-26-11-13/h1-2,5-7,9,11-12H,3-4,8,10H2,(H,22,24). The molecule has 6 nitrogen and oxygen atoms in total. The lowest BCUT2D eigenvalue weighted by atomic mass is 9.96. The first kappa shape index (κ1) is 18.8. The molecular weight excluding hydrogens is 365 g/mol. The molecule has 1 aromatic carbocycles. The topological polar surface area (TPSA) is 71.8 Å². The average Bonchev–Trinajstić information content (AvgIpc) is 3.16. The molecule has 1 aliphatic heterocycles. The summed E-state index contributed by atoms with van der Waals surface area (Å²) in [4.78, 5) is 26.5. The predicted octanol–water partition coefficient (Wildman–Crippen LogP) is 3.67. The molecule has 1 fully saturated rings. The lowest BCUT2D eigenvalue weighted by molar-refractivity contribution is -0.274. The summed E-state index contributed by atoms with van der Waals surface area (Å²) in [5.41, 5.74) is 0.318. The molecule has 2 amide bonds. The molecule has 0 radical (unpaired) electrons. The monoisotopic (exact) mass is 382 g/mol. The number of nitrogens with zero attached hydrogens (tertiary/aromatic N) is 1. The summed E-state index contributed by atoms with van der Waals surface area (Å²) in [7, 11) is 0. The molecule has 1 unspecified atom stereocenters. The minimum atomic E-state index is -4.86. The van der Waals surface area contributed by atoms with Gasteiger partial charge in [-0.3, -0.25) is 9.59 Å². The van der Waals surface area contributed by atoms with Gasteiger partial charge in [-0.1, -0.05) is 12.1 Å². The van der Waals surface area contributed by atoms with Crippen molar-refractivity contribution < 1.29 is 31.9 Å². The number of furan rings is 1. The molecule has 1 aromatic heterocycles. The van der Waals surface area contributed by atoms with Crippen LogP contribution in [0.2, 0.25) is 0 Å². The van der Waals surface area contributed by atoms with Gasteiger partial charge in [-0.15, -0.1) is 13.2 Å². The largest absolute Gasteiger partial charge is 0.573 e. The van der Waals surface area contributed by atoms with Crippen LogP contribution in [-0.4, -0.2) is 36.2 Å². The number of carbonyl (C=O) groups is 2. The van der Waals surface area contributed by atoms with Gasteiger partial charge >= 0.3 is 6.36 Å². The van der Waals surface area contributed by atoms with Crippen LogP contribution < -0.4 is 10.1 Å². The van der Waals surface area contributed by atoms with Crippen molar-refractivity contribution in [3.8, 4) is 5.75 Å². The van der Waals surface area contributed by atoms with Crippen LogP contribution >= 0.6 is 0 Å². The lowest BCUT2D eigenvalue weighted by Gasteiger charge is -2.32. The number of ether oxygens (including phenoxy) is 1. The van der Waals surface area contributed by atoms with Gasteiger partial charge in [-0.05, 0) is 31.0 Å². The molecule has 27 heavy (non-hydrogen) atoms. The molecule has 1 aliphatic rings. The van der Waals surface area contributed by atoms with Gasteiger partial charge in [0.1, 0.15) is 6.26 Å². The molecule has 0 bridgehead atoms. The van der Waals surface area contributed by atoms with Crippen LogP contribution in [-0.2, 0) is 4.79 Å². The van der Waals surface area contributed by atoms with Crippen LogP contribution in [0.5, 0.6) is 5.75 Å². The van der Waals surface area contributed by atoms with E-state index in [1.165, 1.54) is 41.7 Å². The van der Waals surface area contributed by atoms with Gasteiger partial charge in [0.2, 0.25) is 5.91 Å². The number of rotatable bonds is 4. The summed E-state index contributed by atoms with van der Waals surface area (Å²) in [6.45, 7) is 0.680. The second kappa shape index (κ2) is 7.73. The normalized spacial score (nSPS) is 17.4. The Morgan fingerprint density at radius 2 is 2.00 bits per heavy atom. The van der Waals surface area contributed by atoms with Crippen LogP contribution in [0, 0.1) is 5.92 Å². The highest BCUT2D eigenvalue weighted by atomic mass is 19.4. The zero-order valence-corrected chi connectivity index (χ0v) is 14.2. The fraction of sp³-hybridized carbons (Fsp3) is 0.333. The van der Waals surface area contributed by atoms with E-state index < -0.39 is 23.9 Å². The molecule has 1 atom stereocenters. The molecule has 1 saturated heterocycles. The third kappa shape index (κ3) is 4.81. The van der Waals surface area contributed by atoms with E-state index in [0.717, 1.165) is 6.07 Å². The van der Waals surface area contributed by atoms with Gasteiger partial charge in [-0.2, -0.15) is 0 Å². The Labute approximate surface area is 152 Å². The van der Waals surface area contributed by atoms with Crippen molar-refractivity contribution in [3.05, 3.63) is 48.4 Å². The van der Waals surface area contributed by atoms with E-state index in [2.05, 4.69) is 10.1 Å². The number of piperidine rings is 1. The highest BCUT2D eigenvalue weighted by Crippen LogP contribution is 2.31. The van der Waals surface area contributed by atoms with Crippen molar-refractivity contribution in [1.29, 1.82) is 0 Å². The molecule has 9 heteroatoms. The number of halogens is 3. The molecule has 3 rings (SSSR count). The number of hydrogen-bond acceptors (Lipinski definition) is 4. The Kier molecular flexibility index (Phi) is 5.38. The maximum Gasteiger partial charge on any atom is 0.573 e. The van der Waals surface area contributed by atoms with Crippen molar-refractivity contribution in [2.24, 2.45) is 5.92 Å². The Morgan fingerprint density at radius 3 is 2.70 bits per heavy atom. The van der Waals surface area contributed by atoms with Crippen molar-refractivity contribution in [1.82, 2.24) is 4.90 Å². The first-order chi connectivity index (χ1) is 12.8. The van der Waals surface area contributed by atoms with Crippen molar-refractivity contribution in [2.75, 3.05) is 18.4 Å². The fourth-order valence-electron chi connectivity index (χ4n) is 2.96. The first-order valence-electron chi connectivity index (χ1n) is 8.30. The van der Waals surface area contributed by atoms with Crippen molar-refractivity contribution in [3.63, 3.8) is 0 Å². The summed E-state index contributed by atoms with van der Waals surface area (Å²) < 4.78 is 46.3. The fourth-order valence-corrected chi connectivity index (χ4v) is 2.96. The van der Waals surface area contributed by atoms with E-state index in [0.29, 0.717) is 24.9 Å². The van der Waals surface area contributed by atoms with Gasteiger partial charge < -0.3 is 19.4 Å². The van der Waals surface area contributed by atoms with Crippen molar-refractivity contribution in [2.45, 2.75) is 19.2 Å². The SMILES string of the molecule is O=C(Nc1ccccc1OC(F)(F)F)C1CCCN(C(=O)c2ccoc2)C1. The second-order valence-electron chi connectivity index (χ2n) is 6.14. The summed E-state index contributed by atoms with van der Waals surface area (Å²) in [5.74, 6) is -1.73. The van der Waals surface area contributed by atoms with E-state index in [4.69, 9.17) is 4.42 Å². The van der Waals surface area contributed by atoms with Crippen LogP contribution in [0.4, 0.5) is 18.9 Å². The predicted molar refractivity (Wildman–Crippen MR) is 89.1 cm³/mol. The maximum absolute atomic E-state index is 12.5. The van der Waals surface area contributed by atoms with E-state index >= 15 is 0 Å². The van der Waals surface area contributed by atoms with Gasteiger partial charge in [0.25, 0.3) is 5.91 Å². The molecule has 0 saturated carbocycles. The molecule has 1 N–H and O–H groups in total. The van der Waals surface area contributed by atoms with Crippen LogP contribution in [0.15, 0.2) is 47.3 Å². The van der Waals surface area contributed by atoms with Gasteiger partial charge in [0.15, 0.2) is 5.75 Å². The number of nitrogens with one attached hydrogen (secondary N) is 1.